The van der Waals surface area contributed by atoms with Crippen LogP contribution < -0.4 is 15.6 Å². The van der Waals surface area contributed by atoms with Gasteiger partial charge in [0.1, 0.15) is 22.7 Å². The van der Waals surface area contributed by atoms with Crippen molar-refractivity contribution < 1.29 is 13.9 Å². The Kier molecular flexibility index (Phi) is 3.57. The Bertz CT molecular complexity index is 888. The quantitative estimate of drug-likeness (QED) is 0.777. The van der Waals surface area contributed by atoms with E-state index >= 15 is 0 Å². The van der Waals surface area contributed by atoms with Crippen LogP contribution in [0.25, 0.3) is 11.0 Å². The number of fused-ring (bicyclic) bond motifs is 1. The highest BCUT2D eigenvalue weighted by molar-refractivity contribution is 6.04. The molecule has 6 nitrogen and oxygen atoms in total. The Hall–Kier alpha value is -3.15. The molecule has 0 aliphatic carbocycles. The third-order valence-corrected chi connectivity index (χ3v) is 3.12. The lowest BCUT2D eigenvalue weighted by Crippen LogP contribution is -2.21. The van der Waals surface area contributed by atoms with E-state index in [1.165, 1.54) is 0 Å². The average molecular weight is 295 g/mol. The molecule has 6 heteroatoms. The zero-order valence-electron chi connectivity index (χ0n) is 11.8. The summed E-state index contributed by atoms with van der Waals surface area (Å²) in [5.41, 5.74) is 0.442. The first-order valence-electron chi connectivity index (χ1n) is 6.56. The minimum atomic E-state index is -0.447. The molecular weight excluding hydrogens is 282 g/mol. The molecule has 0 aliphatic rings. The molecule has 2 N–H and O–H groups in total. The number of pyridine rings is 1. The molecule has 1 amide bonds. The Morgan fingerprint density at radius 3 is 2.86 bits per heavy atom. The summed E-state index contributed by atoms with van der Waals surface area (Å²) in [4.78, 5) is 16.3. The molecule has 2 aromatic heterocycles. The Morgan fingerprint density at radius 1 is 1.27 bits per heavy atom. The molecule has 0 saturated heterocycles. The molecular formula is C16H13N3O3. The summed E-state index contributed by atoms with van der Waals surface area (Å²) in [6.45, 7) is 0. The van der Waals surface area contributed by atoms with Gasteiger partial charge in [0.25, 0.3) is 5.91 Å². The highest BCUT2D eigenvalue weighted by atomic mass is 16.5. The lowest BCUT2D eigenvalue weighted by atomic mass is 10.1. The first-order valence-corrected chi connectivity index (χ1v) is 6.56. The van der Waals surface area contributed by atoms with Crippen LogP contribution in [0.3, 0.4) is 0 Å². The minimum absolute atomic E-state index is 0.131. The van der Waals surface area contributed by atoms with E-state index in [1.54, 1.807) is 55.8 Å². The van der Waals surface area contributed by atoms with E-state index in [0.717, 1.165) is 0 Å². The maximum Gasteiger partial charge on any atom is 0.262 e. The molecule has 0 radical (unpaired) electrons. The molecule has 0 bridgehead atoms. The van der Waals surface area contributed by atoms with Crippen LogP contribution in [0.1, 0.15) is 10.4 Å². The molecule has 1 aromatic carbocycles. The molecule has 0 fully saturated rings. The van der Waals surface area contributed by atoms with Gasteiger partial charge in [0.15, 0.2) is 0 Å². The summed E-state index contributed by atoms with van der Waals surface area (Å²) in [6, 6.07) is 12.0. The Morgan fingerprint density at radius 2 is 2.14 bits per heavy atom. The smallest absolute Gasteiger partial charge is 0.262 e. The lowest BCUT2D eigenvalue weighted by molar-refractivity contribution is 0.102. The van der Waals surface area contributed by atoms with Gasteiger partial charge in [-0.3, -0.25) is 10.2 Å². The van der Waals surface area contributed by atoms with E-state index in [1.807, 2.05) is 0 Å². The van der Waals surface area contributed by atoms with Crippen molar-refractivity contribution in [3.63, 3.8) is 0 Å². The Labute approximate surface area is 125 Å². The molecule has 0 saturated carbocycles. The van der Waals surface area contributed by atoms with Gasteiger partial charge < -0.3 is 14.5 Å². The molecule has 0 unspecified atom stereocenters. The fourth-order valence-corrected chi connectivity index (χ4v) is 2.03. The third kappa shape index (κ3) is 2.67. The topological polar surface area (TPSA) is 88.2 Å². The highest BCUT2D eigenvalue weighted by Crippen LogP contribution is 2.20. The second-order valence-corrected chi connectivity index (χ2v) is 4.56. The van der Waals surface area contributed by atoms with Crippen LogP contribution in [0.5, 0.6) is 5.75 Å². The van der Waals surface area contributed by atoms with Crippen LogP contribution in [0.2, 0.25) is 0 Å². The van der Waals surface area contributed by atoms with E-state index in [4.69, 9.17) is 14.6 Å². The van der Waals surface area contributed by atoms with Gasteiger partial charge in [-0.15, -0.1) is 0 Å². The van der Waals surface area contributed by atoms with Gasteiger partial charge in [-0.25, -0.2) is 4.98 Å². The summed E-state index contributed by atoms with van der Waals surface area (Å²) in [5.74, 6) is 0.617. The van der Waals surface area contributed by atoms with Crippen molar-refractivity contribution in [1.82, 2.24) is 4.98 Å². The number of hydrogen-bond donors (Lipinski definition) is 2. The van der Waals surface area contributed by atoms with Crippen molar-refractivity contribution in [1.29, 1.82) is 5.41 Å². The second kappa shape index (κ2) is 5.69. The number of anilines is 1. The maximum absolute atomic E-state index is 12.3. The van der Waals surface area contributed by atoms with Crippen LogP contribution in [-0.2, 0) is 0 Å². The standard InChI is InChI=1S/C16H13N3O3/c1-21-11-5-6-13-10(8-11)9-12(15(17)22-13)16(20)19-14-4-2-3-7-18-14/h2-9,17H,1H3,(H,18,19,20). The van der Waals surface area contributed by atoms with Crippen LogP contribution in [0.15, 0.2) is 53.1 Å². The zero-order chi connectivity index (χ0) is 15.5. The van der Waals surface area contributed by atoms with Crippen molar-refractivity contribution in [3.8, 4) is 5.75 Å². The average Bonchev–Trinajstić information content (AvgIpc) is 2.54. The van der Waals surface area contributed by atoms with E-state index in [0.29, 0.717) is 22.5 Å². The van der Waals surface area contributed by atoms with Gasteiger partial charge in [0, 0.05) is 11.6 Å². The number of carbonyl (C=O) groups is 1. The molecule has 110 valence electrons. The summed E-state index contributed by atoms with van der Waals surface area (Å²) < 4.78 is 10.5. The predicted molar refractivity (Wildman–Crippen MR) is 80.8 cm³/mol. The van der Waals surface area contributed by atoms with Crippen molar-refractivity contribution in [2.75, 3.05) is 12.4 Å². The van der Waals surface area contributed by atoms with Crippen molar-refractivity contribution in [2.45, 2.75) is 0 Å². The Balaban J connectivity index is 2.00. The minimum Gasteiger partial charge on any atom is -0.497 e. The summed E-state index contributed by atoms with van der Waals surface area (Å²) in [6.07, 6.45) is 1.58. The highest BCUT2D eigenvalue weighted by Gasteiger charge is 2.12. The monoisotopic (exact) mass is 295 g/mol. The number of nitrogens with one attached hydrogen (secondary N) is 2. The number of amides is 1. The SMILES string of the molecule is COc1ccc2oc(=N)c(C(=O)Nc3ccccn3)cc2c1. The van der Waals surface area contributed by atoms with Crippen LogP contribution in [0, 0.1) is 5.41 Å². The number of aromatic nitrogens is 1. The predicted octanol–water partition coefficient (Wildman–Crippen LogP) is 2.57. The molecule has 2 heterocycles. The number of methoxy groups -OCH3 is 1. The van der Waals surface area contributed by atoms with Gasteiger partial charge >= 0.3 is 0 Å². The van der Waals surface area contributed by atoms with Crippen molar-refractivity contribution in [2.24, 2.45) is 0 Å². The normalized spacial score (nSPS) is 10.4. The zero-order valence-corrected chi connectivity index (χ0v) is 11.8. The second-order valence-electron chi connectivity index (χ2n) is 4.56. The van der Waals surface area contributed by atoms with Gasteiger partial charge in [-0.05, 0) is 36.4 Å². The van der Waals surface area contributed by atoms with Crippen molar-refractivity contribution in [3.05, 3.63) is 59.8 Å². The number of rotatable bonds is 3. The van der Waals surface area contributed by atoms with E-state index < -0.39 is 5.91 Å². The van der Waals surface area contributed by atoms with Crippen molar-refractivity contribution >= 4 is 22.7 Å². The van der Waals surface area contributed by atoms with Gasteiger partial charge in [0.05, 0.1) is 7.11 Å². The largest absolute Gasteiger partial charge is 0.497 e. The molecule has 0 spiro atoms. The van der Waals surface area contributed by atoms with Crippen LogP contribution >= 0.6 is 0 Å². The molecule has 22 heavy (non-hydrogen) atoms. The molecule has 3 aromatic rings. The first kappa shape index (κ1) is 13.8. The third-order valence-electron chi connectivity index (χ3n) is 3.12. The molecule has 0 atom stereocenters. The van der Waals surface area contributed by atoms with Crippen LogP contribution in [0.4, 0.5) is 5.82 Å². The lowest BCUT2D eigenvalue weighted by Gasteiger charge is -2.06. The number of nitrogens with zero attached hydrogens (tertiary/aromatic N) is 1. The van der Waals surface area contributed by atoms with Crippen LogP contribution in [-0.4, -0.2) is 18.0 Å². The fraction of sp³-hybridized carbons (Fsp3) is 0.0625. The fourth-order valence-electron chi connectivity index (χ4n) is 2.03. The van der Waals surface area contributed by atoms with E-state index in [9.17, 15) is 4.79 Å². The van der Waals surface area contributed by atoms with Gasteiger partial charge in [-0.1, -0.05) is 6.07 Å². The summed E-state index contributed by atoms with van der Waals surface area (Å²) >= 11 is 0. The van der Waals surface area contributed by atoms with E-state index in [2.05, 4.69) is 10.3 Å². The summed E-state index contributed by atoms with van der Waals surface area (Å²) in [5, 5.41) is 11.2. The number of hydrogen-bond acceptors (Lipinski definition) is 5. The first-order chi connectivity index (χ1) is 10.7. The van der Waals surface area contributed by atoms with Gasteiger partial charge in [-0.2, -0.15) is 0 Å². The van der Waals surface area contributed by atoms with E-state index in [-0.39, 0.29) is 11.1 Å². The number of benzene rings is 1. The molecule has 3 rings (SSSR count). The van der Waals surface area contributed by atoms with Gasteiger partial charge in [0.2, 0.25) is 5.55 Å². The number of ether oxygens (including phenoxy) is 1. The molecule has 0 aliphatic heterocycles. The summed E-state index contributed by atoms with van der Waals surface area (Å²) in [7, 11) is 1.56. The maximum atomic E-state index is 12.3. The number of carbonyl (C=O) groups excluding carboxylic acids is 1.